The lowest BCUT2D eigenvalue weighted by Gasteiger charge is -2.20. The molecular weight excluding hydrogens is 208 g/mol. The number of nitrogens with one attached hydrogen (secondary N) is 1. The van der Waals surface area contributed by atoms with Gasteiger partial charge in [0, 0.05) is 23.3 Å². The zero-order chi connectivity index (χ0) is 12.3. The van der Waals surface area contributed by atoms with Crippen molar-refractivity contribution in [2.75, 3.05) is 6.54 Å². The fourth-order valence-corrected chi connectivity index (χ4v) is 1.97. The van der Waals surface area contributed by atoms with E-state index in [0.29, 0.717) is 0 Å². The summed E-state index contributed by atoms with van der Waals surface area (Å²) in [6.45, 7) is 7.57. The molecule has 0 saturated heterocycles. The average Bonchev–Trinajstić information content (AvgIpc) is 2.28. The van der Waals surface area contributed by atoms with Crippen molar-refractivity contribution in [1.29, 1.82) is 0 Å². The lowest BCUT2D eigenvalue weighted by molar-refractivity contribution is 0.430. The van der Waals surface area contributed by atoms with Gasteiger partial charge in [-0.15, -0.1) is 0 Å². The highest BCUT2D eigenvalue weighted by atomic mass is 14.9. The van der Waals surface area contributed by atoms with E-state index in [-0.39, 0.29) is 5.54 Å². The Bertz CT molecular complexity index is 492. The number of pyridine rings is 1. The molecule has 1 N–H and O–H groups in total. The van der Waals surface area contributed by atoms with Gasteiger partial charge in [-0.25, -0.2) is 0 Å². The molecule has 2 heteroatoms. The molecule has 0 aliphatic rings. The standard InChI is InChI=1S/C15H20N2/c1-15(2,3)17-10-8-13-6-4-5-12-7-9-16-11-14(12)13/h4-7,9,11,17H,8,10H2,1-3H3. The van der Waals surface area contributed by atoms with Gasteiger partial charge in [0.05, 0.1) is 0 Å². The van der Waals surface area contributed by atoms with Gasteiger partial charge in [0.2, 0.25) is 0 Å². The molecule has 90 valence electrons. The third-order valence-corrected chi connectivity index (χ3v) is 2.82. The number of benzene rings is 1. The van der Waals surface area contributed by atoms with Crippen LogP contribution >= 0.6 is 0 Å². The van der Waals surface area contributed by atoms with E-state index < -0.39 is 0 Å². The molecule has 1 aromatic carbocycles. The Morgan fingerprint density at radius 3 is 2.76 bits per heavy atom. The Morgan fingerprint density at radius 2 is 2.00 bits per heavy atom. The minimum absolute atomic E-state index is 0.183. The van der Waals surface area contributed by atoms with E-state index in [1.165, 1.54) is 16.3 Å². The fourth-order valence-electron chi connectivity index (χ4n) is 1.97. The van der Waals surface area contributed by atoms with Crippen molar-refractivity contribution in [3.05, 3.63) is 42.2 Å². The van der Waals surface area contributed by atoms with E-state index in [2.05, 4.69) is 55.3 Å². The van der Waals surface area contributed by atoms with Crippen LogP contribution < -0.4 is 5.32 Å². The maximum absolute atomic E-state index is 4.21. The molecule has 2 nitrogen and oxygen atoms in total. The van der Waals surface area contributed by atoms with Crippen LogP contribution in [0.5, 0.6) is 0 Å². The van der Waals surface area contributed by atoms with E-state index in [1.54, 1.807) is 0 Å². The number of hydrogen-bond acceptors (Lipinski definition) is 2. The summed E-state index contributed by atoms with van der Waals surface area (Å²) in [6.07, 6.45) is 4.85. The van der Waals surface area contributed by atoms with Crippen LogP contribution in [-0.2, 0) is 6.42 Å². The molecule has 2 aromatic rings. The smallest absolute Gasteiger partial charge is 0.0349 e. The molecule has 2 rings (SSSR count). The zero-order valence-electron chi connectivity index (χ0n) is 10.8. The zero-order valence-corrected chi connectivity index (χ0v) is 10.8. The summed E-state index contributed by atoms with van der Waals surface area (Å²) in [4.78, 5) is 4.21. The minimum atomic E-state index is 0.183. The van der Waals surface area contributed by atoms with Crippen molar-refractivity contribution >= 4 is 10.8 Å². The third-order valence-electron chi connectivity index (χ3n) is 2.82. The molecule has 0 aliphatic heterocycles. The summed E-state index contributed by atoms with van der Waals surface area (Å²) in [7, 11) is 0. The normalized spacial score (nSPS) is 11.9. The largest absolute Gasteiger partial charge is 0.312 e. The van der Waals surface area contributed by atoms with Gasteiger partial charge in [0.25, 0.3) is 0 Å². The molecule has 0 aliphatic carbocycles. The molecular formula is C15H20N2. The van der Waals surface area contributed by atoms with Gasteiger partial charge in [0.15, 0.2) is 0 Å². The van der Waals surface area contributed by atoms with Gasteiger partial charge in [-0.1, -0.05) is 18.2 Å². The summed E-state index contributed by atoms with van der Waals surface area (Å²) >= 11 is 0. The van der Waals surface area contributed by atoms with Gasteiger partial charge in [-0.3, -0.25) is 4.98 Å². The second-order valence-corrected chi connectivity index (χ2v) is 5.44. The number of hydrogen-bond donors (Lipinski definition) is 1. The van der Waals surface area contributed by atoms with E-state index in [4.69, 9.17) is 0 Å². The van der Waals surface area contributed by atoms with E-state index >= 15 is 0 Å². The molecule has 0 radical (unpaired) electrons. The first kappa shape index (κ1) is 12.1. The van der Waals surface area contributed by atoms with E-state index in [1.807, 2.05) is 12.4 Å². The van der Waals surface area contributed by atoms with Crippen LogP contribution in [0, 0.1) is 0 Å². The van der Waals surface area contributed by atoms with Crippen molar-refractivity contribution in [1.82, 2.24) is 10.3 Å². The molecule has 0 saturated carbocycles. The quantitative estimate of drug-likeness (QED) is 0.873. The number of aromatic nitrogens is 1. The van der Waals surface area contributed by atoms with Crippen LogP contribution in [0.3, 0.4) is 0 Å². The van der Waals surface area contributed by atoms with Crippen LogP contribution in [0.1, 0.15) is 26.3 Å². The van der Waals surface area contributed by atoms with Crippen molar-refractivity contribution in [3.8, 4) is 0 Å². The van der Waals surface area contributed by atoms with Gasteiger partial charge in [0.1, 0.15) is 0 Å². The number of rotatable bonds is 3. The minimum Gasteiger partial charge on any atom is -0.312 e. The Labute approximate surface area is 103 Å². The molecule has 1 heterocycles. The summed E-state index contributed by atoms with van der Waals surface area (Å²) in [5.74, 6) is 0. The molecule has 17 heavy (non-hydrogen) atoms. The maximum atomic E-state index is 4.21. The lowest BCUT2D eigenvalue weighted by atomic mass is 10.0. The molecule has 0 fully saturated rings. The molecule has 0 atom stereocenters. The molecule has 1 aromatic heterocycles. The van der Waals surface area contributed by atoms with Gasteiger partial charge >= 0.3 is 0 Å². The summed E-state index contributed by atoms with van der Waals surface area (Å²) in [5.41, 5.74) is 1.55. The van der Waals surface area contributed by atoms with Crippen LogP contribution in [-0.4, -0.2) is 17.1 Å². The Balaban J connectivity index is 2.13. The second-order valence-electron chi connectivity index (χ2n) is 5.44. The van der Waals surface area contributed by atoms with Gasteiger partial charge in [-0.2, -0.15) is 0 Å². The molecule has 0 unspecified atom stereocenters. The highest BCUT2D eigenvalue weighted by Crippen LogP contribution is 2.17. The highest BCUT2D eigenvalue weighted by molar-refractivity contribution is 5.84. The Kier molecular flexibility index (Phi) is 3.43. The van der Waals surface area contributed by atoms with Crippen molar-refractivity contribution in [3.63, 3.8) is 0 Å². The maximum Gasteiger partial charge on any atom is 0.0349 e. The average molecular weight is 228 g/mol. The van der Waals surface area contributed by atoms with Crippen molar-refractivity contribution in [2.24, 2.45) is 0 Å². The predicted octanol–water partition coefficient (Wildman–Crippen LogP) is 3.17. The third kappa shape index (κ3) is 3.27. The van der Waals surface area contributed by atoms with Crippen LogP contribution in [0.2, 0.25) is 0 Å². The Hall–Kier alpha value is -1.41. The fraction of sp³-hybridized carbons (Fsp3) is 0.400. The van der Waals surface area contributed by atoms with Crippen LogP contribution in [0.25, 0.3) is 10.8 Å². The summed E-state index contributed by atoms with van der Waals surface area (Å²) in [6, 6.07) is 8.51. The first-order valence-corrected chi connectivity index (χ1v) is 6.13. The summed E-state index contributed by atoms with van der Waals surface area (Å²) in [5, 5.41) is 6.06. The highest BCUT2D eigenvalue weighted by Gasteiger charge is 2.08. The SMILES string of the molecule is CC(C)(C)NCCc1cccc2ccncc12. The predicted molar refractivity (Wildman–Crippen MR) is 73.2 cm³/mol. The molecule has 0 bridgehead atoms. The van der Waals surface area contributed by atoms with Crippen LogP contribution in [0.15, 0.2) is 36.7 Å². The first-order chi connectivity index (χ1) is 8.06. The summed E-state index contributed by atoms with van der Waals surface area (Å²) < 4.78 is 0. The Morgan fingerprint density at radius 1 is 1.18 bits per heavy atom. The van der Waals surface area contributed by atoms with Crippen molar-refractivity contribution < 1.29 is 0 Å². The van der Waals surface area contributed by atoms with E-state index in [9.17, 15) is 0 Å². The molecule has 0 amide bonds. The lowest BCUT2D eigenvalue weighted by Crippen LogP contribution is -2.37. The topological polar surface area (TPSA) is 24.9 Å². The molecule has 0 spiro atoms. The van der Waals surface area contributed by atoms with E-state index in [0.717, 1.165) is 13.0 Å². The van der Waals surface area contributed by atoms with Crippen LogP contribution in [0.4, 0.5) is 0 Å². The first-order valence-electron chi connectivity index (χ1n) is 6.13. The number of nitrogens with zero attached hydrogens (tertiary/aromatic N) is 1. The van der Waals surface area contributed by atoms with Gasteiger partial charge < -0.3 is 5.32 Å². The van der Waals surface area contributed by atoms with Crippen molar-refractivity contribution in [2.45, 2.75) is 32.7 Å². The van der Waals surface area contributed by atoms with Gasteiger partial charge in [-0.05, 0) is 50.8 Å². The number of fused-ring (bicyclic) bond motifs is 1. The second kappa shape index (κ2) is 4.84. The monoisotopic (exact) mass is 228 g/mol.